The fourth-order valence-electron chi connectivity index (χ4n) is 3.03. The molecule has 0 radical (unpaired) electrons. The molecular weight excluding hydrogens is 266 g/mol. The second kappa shape index (κ2) is 6.33. The summed E-state index contributed by atoms with van der Waals surface area (Å²) in [6.07, 6.45) is 5.03. The highest BCUT2D eigenvalue weighted by Crippen LogP contribution is 2.39. The molecule has 0 unspecified atom stereocenters. The van der Waals surface area contributed by atoms with E-state index in [0.29, 0.717) is 29.1 Å². The summed E-state index contributed by atoms with van der Waals surface area (Å²) >= 11 is 0. The molecule has 0 aliphatic carbocycles. The summed E-state index contributed by atoms with van der Waals surface area (Å²) in [6.45, 7) is 8.47. The SMILES string of the molecule is CCOC(=O)c1cc(N)cnc1N1CCC(CC)(CC)C1. The maximum atomic E-state index is 12.1. The molecule has 1 aliphatic rings. The molecule has 0 amide bonds. The van der Waals surface area contributed by atoms with Gasteiger partial charge in [-0.1, -0.05) is 13.8 Å². The molecule has 5 nitrogen and oxygen atoms in total. The first-order chi connectivity index (χ1) is 10.0. The Balaban J connectivity index is 2.30. The quantitative estimate of drug-likeness (QED) is 0.845. The number of anilines is 2. The summed E-state index contributed by atoms with van der Waals surface area (Å²) in [7, 11) is 0. The fraction of sp³-hybridized carbons (Fsp3) is 0.625. The van der Waals surface area contributed by atoms with Crippen molar-refractivity contribution in [3.8, 4) is 0 Å². The third-order valence-electron chi connectivity index (χ3n) is 4.62. The van der Waals surface area contributed by atoms with E-state index in [-0.39, 0.29) is 5.97 Å². The van der Waals surface area contributed by atoms with Gasteiger partial charge < -0.3 is 15.4 Å². The van der Waals surface area contributed by atoms with Crippen molar-refractivity contribution in [3.05, 3.63) is 17.8 Å². The summed E-state index contributed by atoms with van der Waals surface area (Å²) < 4.78 is 5.13. The maximum absolute atomic E-state index is 12.1. The van der Waals surface area contributed by atoms with Gasteiger partial charge in [-0.25, -0.2) is 9.78 Å². The van der Waals surface area contributed by atoms with E-state index in [9.17, 15) is 4.79 Å². The highest BCUT2D eigenvalue weighted by molar-refractivity contribution is 5.95. The molecular formula is C16H25N3O2. The van der Waals surface area contributed by atoms with Gasteiger partial charge in [-0.2, -0.15) is 0 Å². The molecule has 1 aromatic heterocycles. The molecule has 0 spiro atoms. The predicted octanol–water partition coefficient (Wildman–Crippen LogP) is 2.86. The lowest BCUT2D eigenvalue weighted by Gasteiger charge is -2.27. The molecule has 1 fully saturated rings. The van der Waals surface area contributed by atoms with E-state index in [1.165, 1.54) is 0 Å². The van der Waals surface area contributed by atoms with Crippen LogP contribution in [0.25, 0.3) is 0 Å². The van der Waals surface area contributed by atoms with E-state index < -0.39 is 0 Å². The molecule has 1 aromatic rings. The van der Waals surface area contributed by atoms with Crippen LogP contribution >= 0.6 is 0 Å². The third kappa shape index (κ3) is 3.12. The van der Waals surface area contributed by atoms with Gasteiger partial charge in [-0.05, 0) is 37.7 Å². The van der Waals surface area contributed by atoms with Crippen molar-refractivity contribution in [1.29, 1.82) is 0 Å². The van der Waals surface area contributed by atoms with Gasteiger partial charge in [0.15, 0.2) is 0 Å². The normalized spacial score (nSPS) is 17.0. The van der Waals surface area contributed by atoms with Crippen LogP contribution in [-0.2, 0) is 4.74 Å². The number of pyridine rings is 1. The number of carbonyl (C=O) groups is 1. The van der Waals surface area contributed by atoms with Gasteiger partial charge in [0, 0.05) is 13.1 Å². The first-order valence-electron chi connectivity index (χ1n) is 7.73. The van der Waals surface area contributed by atoms with Crippen LogP contribution in [0.1, 0.15) is 50.4 Å². The van der Waals surface area contributed by atoms with Crippen LogP contribution in [0.3, 0.4) is 0 Å². The maximum Gasteiger partial charge on any atom is 0.341 e. The monoisotopic (exact) mass is 291 g/mol. The molecule has 0 aromatic carbocycles. The molecule has 2 rings (SSSR count). The zero-order chi connectivity index (χ0) is 15.5. The topological polar surface area (TPSA) is 68.5 Å². The number of nitrogen functional groups attached to an aromatic ring is 1. The van der Waals surface area contributed by atoms with Crippen LogP contribution in [0.4, 0.5) is 11.5 Å². The zero-order valence-electron chi connectivity index (χ0n) is 13.2. The van der Waals surface area contributed by atoms with Gasteiger partial charge in [0.25, 0.3) is 0 Å². The highest BCUT2D eigenvalue weighted by atomic mass is 16.5. The Morgan fingerprint density at radius 1 is 1.43 bits per heavy atom. The van der Waals surface area contributed by atoms with Crippen LogP contribution < -0.4 is 10.6 Å². The summed E-state index contributed by atoms with van der Waals surface area (Å²) in [4.78, 5) is 18.7. The number of ether oxygens (including phenoxy) is 1. The largest absolute Gasteiger partial charge is 0.462 e. The van der Waals surface area contributed by atoms with Gasteiger partial charge in [0.05, 0.1) is 18.5 Å². The molecule has 1 aliphatic heterocycles. The minimum Gasteiger partial charge on any atom is -0.462 e. The Hall–Kier alpha value is -1.78. The van der Waals surface area contributed by atoms with E-state index in [4.69, 9.17) is 10.5 Å². The van der Waals surface area contributed by atoms with Crippen molar-refractivity contribution >= 4 is 17.5 Å². The summed E-state index contributed by atoms with van der Waals surface area (Å²) in [5, 5.41) is 0. The number of esters is 1. The number of hydrogen-bond acceptors (Lipinski definition) is 5. The minimum absolute atomic E-state index is 0.328. The van der Waals surface area contributed by atoms with Crippen molar-refractivity contribution in [1.82, 2.24) is 4.98 Å². The van der Waals surface area contributed by atoms with Crippen molar-refractivity contribution in [2.45, 2.75) is 40.0 Å². The Kier molecular flexibility index (Phi) is 4.70. The van der Waals surface area contributed by atoms with E-state index >= 15 is 0 Å². The average molecular weight is 291 g/mol. The summed E-state index contributed by atoms with van der Waals surface area (Å²) in [6, 6.07) is 1.66. The van der Waals surface area contributed by atoms with Crippen molar-refractivity contribution in [2.75, 3.05) is 30.3 Å². The molecule has 5 heteroatoms. The van der Waals surface area contributed by atoms with E-state index in [0.717, 1.165) is 32.4 Å². The second-order valence-electron chi connectivity index (χ2n) is 5.74. The van der Waals surface area contributed by atoms with Crippen molar-refractivity contribution in [2.24, 2.45) is 5.41 Å². The predicted molar refractivity (Wildman–Crippen MR) is 84.5 cm³/mol. The lowest BCUT2D eigenvalue weighted by Crippen LogP contribution is -2.28. The van der Waals surface area contributed by atoms with Crippen molar-refractivity contribution in [3.63, 3.8) is 0 Å². The van der Waals surface area contributed by atoms with E-state index in [1.54, 1.807) is 19.2 Å². The highest BCUT2D eigenvalue weighted by Gasteiger charge is 2.36. The first-order valence-corrected chi connectivity index (χ1v) is 7.73. The minimum atomic E-state index is -0.349. The van der Waals surface area contributed by atoms with Gasteiger partial charge in [-0.15, -0.1) is 0 Å². The Morgan fingerprint density at radius 3 is 2.71 bits per heavy atom. The second-order valence-corrected chi connectivity index (χ2v) is 5.74. The number of nitrogens with zero attached hydrogens (tertiary/aromatic N) is 2. The Bertz CT molecular complexity index is 512. The first kappa shape index (κ1) is 15.6. The molecule has 21 heavy (non-hydrogen) atoms. The van der Waals surface area contributed by atoms with Crippen LogP contribution in [0.15, 0.2) is 12.3 Å². The summed E-state index contributed by atoms with van der Waals surface area (Å²) in [5.41, 5.74) is 7.06. The molecule has 0 bridgehead atoms. The number of rotatable bonds is 5. The van der Waals surface area contributed by atoms with Crippen LogP contribution in [0, 0.1) is 5.41 Å². The smallest absolute Gasteiger partial charge is 0.341 e. The molecule has 2 N–H and O–H groups in total. The number of carbonyl (C=O) groups excluding carboxylic acids is 1. The molecule has 0 atom stereocenters. The zero-order valence-corrected chi connectivity index (χ0v) is 13.2. The van der Waals surface area contributed by atoms with Crippen LogP contribution in [-0.4, -0.2) is 30.6 Å². The van der Waals surface area contributed by atoms with Crippen LogP contribution in [0.5, 0.6) is 0 Å². The molecule has 116 valence electrons. The third-order valence-corrected chi connectivity index (χ3v) is 4.62. The average Bonchev–Trinajstić information content (AvgIpc) is 2.92. The van der Waals surface area contributed by atoms with E-state index in [1.807, 2.05) is 0 Å². The lowest BCUT2D eigenvalue weighted by molar-refractivity contribution is 0.0526. The van der Waals surface area contributed by atoms with Gasteiger partial charge in [-0.3, -0.25) is 0 Å². The fourth-order valence-corrected chi connectivity index (χ4v) is 3.03. The van der Waals surface area contributed by atoms with Gasteiger partial charge >= 0.3 is 5.97 Å². The standard InChI is InChI=1S/C16H25N3O2/c1-4-16(5-2)7-8-19(11-16)14-13(15(20)21-6-3)9-12(17)10-18-14/h9-10H,4-8,11,17H2,1-3H3. The number of nitrogens with two attached hydrogens (primary N) is 1. The van der Waals surface area contributed by atoms with Crippen LogP contribution in [0.2, 0.25) is 0 Å². The summed E-state index contributed by atoms with van der Waals surface area (Å²) in [5.74, 6) is 0.351. The Labute approximate surface area is 126 Å². The molecule has 2 heterocycles. The lowest BCUT2D eigenvalue weighted by atomic mass is 9.82. The van der Waals surface area contributed by atoms with E-state index in [2.05, 4.69) is 23.7 Å². The van der Waals surface area contributed by atoms with Gasteiger partial charge in [0.1, 0.15) is 11.4 Å². The molecule has 1 saturated heterocycles. The molecule has 0 saturated carbocycles. The van der Waals surface area contributed by atoms with Gasteiger partial charge in [0.2, 0.25) is 0 Å². The number of aromatic nitrogens is 1. The Morgan fingerprint density at radius 2 is 2.14 bits per heavy atom. The number of hydrogen-bond donors (Lipinski definition) is 1. The van der Waals surface area contributed by atoms with Crippen molar-refractivity contribution < 1.29 is 9.53 Å².